The van der Waals surface area contributed by atoms with E-state index >= 15 is 0 Å². The van der Waals surface area contributed by atoms with Crippen molar-refractivity contribution in [3.63, 3.8) is 0 Å². The molecule has 2 N–H and O–H groups in total. The maximum atomic E-state index is 13.0. The van der Waals surface area contributed by atoms with E-state index in [1.54, 1.807) is 0 Å². The van der Waals surface area contributed by atoms with Crippen LogP contribution in [0.25, 0.3) is 0 Å². The Kier molecular flexibility index (Phi) is 7.09. The highest BCUT2D eigenvalue weighted by molar-refractivity contribution is 5.88. The van der Waals surface area contributed by atoms with Gasteiger partial charge in [0.05, 0.1) is 0 Å². The predicted molar refractivity (Wildman–Crippen MR) is 86.7 cm³/mol. The van der Waals surface area contributed by atoms with Gasteiger partial charge in [0.25, 0.3) is 11.2 Å². The van der Waals surface area contributed by atoms with Gasteiger partial charge in [-0.15, -0.1) is 0 Å². The summed E-state index contributed by atoms with van der Waals surface area (Å²) in [6, 6.07) is 0. The van der Waals surface area contributed by atoms with Crippen molar-refractivity contribution >= 4 is 5.97 Å². The first-order valence-corrected chi connectivity index (χ1v) is 9.55. The number of esters is 1. The van der Waals surface area contributed by atoms with Crippen LogP contribution in [0.5, 0.6) is 0 Å². The highest BCUT2D eigenvalue weighted by Gasteiger charge is 2.72. The molecule has 2 rings (SSSR count). The molecule has 4 nitrogen and oxygen atoms in total. The van der Waals surface area contributed by atoms with Crippen molar-refractivity contribution in [2.45, 2.75) is 74.1 Å². The van der Waals surface area contributed by atoms with Crippen LogP contribution >= 0.6 is 0 Å². The largest absolute Gasteiger partial charge is 0.459 e. The zero-order valence-electron chi connectivity index (χ0n) is 16.8. The van der Waals surface area contributed by atoms with Gasteiger partial charge in [-0.3, -0.25) is 0 Å². The van der Waals surface area contributed by atoms with E-state index in [9.17, 15) is 62.6 Å². The Hall–Kier alpha value is -1.71. The van der Waals surface area contributed by atoms with Crippen LogP contribution in [0.3, 0.4) is 0 Å². The lowest BCUT2D eigenvalue weighted by atomic mass is 9.78. The van der Waals surface area contributed by atoms with Gasteiger partial charge in [0.2, 0.25) is 0 Å². The lowest BCUT2D eigenvalue weighted by Gasteiger charge is -2.38. The number of carbonyl (C=O) groups excluding carboxylic acids is 1. The Labute approximate surface area is 183 Å². The van der Waals surface area contributed by atoms with Crippen LogP contribution in [0.4, 0.5) is 52.7 Å². The molecule has 0 radical (unpaired) electrons. The quantitative estimate of drug-likeness (QED) is 0.291. The standard InChI is InChI=1S/C18H18F12O4/c1-7(5-13(32,15(19,20)21)16(22,23)24)12(31)34-11-4-8-2-9(10(11)3-8)6-14(33,17(25,26)27)18(28,29)30/h8-11,32-33H,1-6H2. The van der Waals surface area contributed by atoms with E-state index in [0.29, 0.717) is 0 Å². The summed E-state index contributed by atoms with van der Waals surface area (Å²) in [7, 11) is 0. The zero-order valence-corrected chi connectivity index (χ0v) is 16.8. The number of aliphatic hydroxyl groups is 2. The van der Waals surface area contributed by atoms with Crippen molar-refractivity contribution in [1.29, 1.82) is 0 Å². The second-order valence-electron chi connectivity index (χ2n) is 8.64. The van der Waals surface area contributed by atoms with E-state index in [0.717, 1.165) is 0 Å². The van der Waals surface area contributed by atoms with Crippen LogP contribution in [0.15, 0.2) is 12.2 Å². The van der Waals surface area contributed by atoms with Crippen LogP contribution in [0.1, 0.15) is 32.1 Å². The Morgan fingerprint density at radius 2 is 1.21 bits per heavy atom. The number of ether oxygens (including phenoxy) is 1. The molecule has 0 aliphatic heterocycles. The Morgan fingerprint density at radius 3 is 1.59 bits per heavy atom. The molecule has 4 unspecified atom stereocenters. The van der Waals surface area contributed by atoms with Gasteiger partial charge in [-0.2, -0.15) is 52.7 Å². The molecule has 2 aliphatic rings. The minimum absolute atomic E-state index is 0.0318. The monoisotopic (exact) mass is 526 g/mol. The fourth-order valence-electron chi connectivity index (χ4n) is 4.53. The van der Waals surface area contributed by atoms with Crippen molar-refractivity contribution in [2.75, 3.05) is 0 Å². The first kappa shape index (κ1) is 28.5. The summed E-state index contributed by atoms with van der Waals surface area (Å²) in [5, 5.41) is 18.5. The topological polar surface area (TPSA) is 66.8 Å². The molecule has 16 heteroatoms. The summed E-state index contributed by atoms with van der Waals surface area (Å²) in [4.78, 5) is 12.0. The van der Waals surface area contributed by atoms with Crippen LogP contribution in [-0.2, 0) is 9.53 Å². The van der Waals surface area contributed by atoms with Crippen LogP contribution < -0.4 is 0 Å². The van der Waals surface area contributed by atoms with Crippen molar-refractivity contribution in [1.82, 2.24) is 0 Å². The van der Waals surface area contributed by atoms with Crippen LogP contribution in [-0.4, -0.2) is 58.2 Å². The third kappa shape index (κ3) is 4.97. The highest BCUT2D eigenvalue weighted by atomic mass is 19.4. The number of hydrogen-bond acceptors (Lipinski definition) is 4. The number of rotatable bonds is 6. The van der Waals surface area contributed by atoms with E-state index < -0.39 is 84.1 Å². The Balaban J connectivity index is 2.15. The molecule has 0 aromatic carbocycles. The average molecular weight is 526 g/mol. The molecule has 2 aliphatic carbocycles. The molecule has 0 heterocycles. The summed E-state index contributed by atoms with van der Waals surface area (Å²) in [5.41, 5.74) is -11.9. The lowest BCUT2D eigenvalue weighted by Crippen LogP contribution is -2.58. The number of fused-ring (bicyclic) bond motifs is 2. The minimum Gasteiger partial charge on any atom is -0.459 e. The molecule has 2 fully saturated rings. The molecule has 2 bridgehead atoms. The van der Waals surface area contributed by atoms with E-state index in [-0.39, 0.29) is 19.3 Å². The van der Waals surface area contributed by atoms with Gasteiger partial charge in [0, 0.05) is 12.0 Å². The maximum Gasteiger partial charge on any atom is 0.426 e. The molecule has 198 valence electrons. The SMILES string of the molecule is C=C(CC(O)(C(F)(F)F)C(F)(F)F)C(=O)OC1CC2CC(CC(O)(C(F)(F)F)C(F)(F)F)C1C2. The summed E-state index contributed by atoms with van der Waals surface area (Å²) >= 11 is 0. The first-order valence-electron chi connectivity index (χ1n) is 9.55. The van der Waals surface area contributed by atoms with Gasteiger partial charge in [0.15, 0.2) is 0 Å². The second-order valence-corrected chi connectivity index (χ2v) is 8.64. The number of hydrogen-bond donors (Lipinski definition) is 2. The van der Waals surface area contributed by atoms with Crippen molar-refractivity contribution < 1.29 is 72.4 Å². The van der Waals surface area contributed by atoms with Gasteiger partial charge in [0.1, 0.15) is 6.10 Å². The van der Waals surface area contributed by atoms with E-state index in [1.165, 1.54) is 0 Å². The molecule has 0 spiro atoms. The van der Waals surface area contributed by atoms with Gasteiger partial charge in [-0.05, 0) is 43.4 Å². The Bertz CT molecular complexity index is 767. The maximum absolute atomic E-state index is 13.0. The lowest BCUT2D eigenvalue weighted by molar-refractivity contribution is -0.373. The molecule has 0 amide bonds. The normalized spacial score (nSPS) is 26.6. The highest BCUT2D eigenvalue weighted by Crippen LogP contribution is 2.56. The molecule has 0 saturated heterocycles. The molecular formula is C18H18F12O4. The summed E-state index contributed by atoms with van der Waals surface area (Å²) < 4.78 is 159. The van der Waals surface area contributed by atoms with Gasteiger partial charge >= 0.3 is 30.7 Å². The molecular weight excluding hydrogens is 508 g/mol. The molecule has 0 aromatic rings. The fraction of sp³-hybridized carbons (Fsp3) is 0.833. The number of carbonyl (C=O) groups is 1. The third-order valence-electron chi connectivity index (χ3n) is 6.34. The molecule has 34 heavy (non-hydrogen) atoms. The van der Waals surface area contributed by atoms with E-state index in [4.69, 9.17) is 9.84 Å². The second kappa shape index (κ2) is 8.45. The summed E-state index contributed by atoms with van der Waals surface area (Å²) in [6.07, 6.45) is -30.6. The van der Waals surface area contributed by atoms with Crippen LogP contribution in [0.2, 0.25) is 0 Å². The molecule has 2 saturated carbocycles. The Morgan fingerprint density at radius 1 is 0.765 bits per heavy atom. The summed E-state index contributed by atoms with van der Waals surface area (Å²) in [6.45, 7) is 2.74. The number of halogens is 12. The predicted octanol–water partition coefficient (Wildman–Crippen LogP) is 4.99. The third-order valence-corrected chi connectivity index (χ3v) is 6.34. The van der Waals surface area contributed by atoms with Gasteiger partial charge < -0.3 is 14.9 Å². The first-order chi connectivity index (χ1) is 14.9. The number of alkyl halides is 12. The average Bonchev–Trinajstić information content (AvgIpc) is 3.17. The zero-order chi connectivity index (χ0) is 26.7. The van der Waals surface area contributed by atoms with Gasteiger partial charge in [-0.25, -0.2) is 4.79 Å². The van der Waals surface area contributed by atoms with E-state index in [1.807, 2.05) is 0 Å². The van der Waals surface area contributed by atoms with E-state index in [2.05, 4.69) is 6.58 Å². The van der Waals surface area contributed by atoms with Crippen molar-refractivity contribution in [3.8, 4) is 0 Å². The summed E-state index contributed by atoms with van der Waals surface area (Å²) in [5.74, 6) is -5.00. The van der Waals surface area contributed by atoms with Gasteiger partial charge in [-0.1, -0.05) is 6.58 Å². The van der Waals surface area contributed by atoms with Crippen LogP contribution in [0, 0.1) is 17.8 Å². The van der Waals surface area contributed by atoms with Crippen molar-refractivity contribution in [3.05, 3.63) is 12.2 Å². The molecule has 4 atom stereocenters. The minimum atomic E-state index is -6.26. The van der Waals surface area contributed by atoms with Crippen molar-refractivity contribution in [2.24, 2.45) is 17.8 Å². The fourth-order valence-corrected chi connectivity index (χ4v) is 4.53. The smallest absolute Gasteiger partial charge is 0.426 e. The molecule has 0 aromatic heterocycles.